The van der Waals surface area contributed by atoms with Crippen molar-refractivity contribution in [3.63, 3.8) is 0 Å². The van der Waals surface area contributed by atoms with Gasteiger partial charge >= 0.3 is 6.18 Å². The molecule has 3 rings (SSSR count). The number of carbonyl (C=O) groups excluding carboxylic acids is 1. The van der Waals surface area contributed by atoms with E-state index in [0.717, 1.165) is 24.6 Å². The third kappa shape index (κ3) is 4.76. The molecule has 0 bridgehead atoms. The summed E-state index contributed by atoms with van der Waals surface area (Å²) in [7, 11) is -3.78. The SMILES string of the molecule is CS(=O)(=O)c1cc(C#N)ccc1C(N)C1=C(Nc2cc(C(F)(F)F)ccn2)CCC1=O. The standard InChI is InChI=1S/C20H17F3N4O3S/c1-31(29,30)16-8-11(10-24)2-3-13(16)19(25)18-14(4-5-15(18)28)27-17-9-12(6-7-26-17)20(21,22)23/h2-3,6-9,19H,4-5,25H2,1H3,(H,26,27). The maximum absolute atomic E-state index is 13.0. The van der Waals surface area contributed by atoms with E-state index in [1.165, 1.54) is 18.2 Å². The number of halogens is 3. The van der Waals surface area contributed by atoms with E-state index in [0.29, 0.717) is 0 Å². The topological polar surface area (TPSA) is 126 Å². The normalized spacial score (nSPS) is 15.7. The number of benzene rings is 1. The van der Waals surface area contributed by atoms with Crippen molar-refractivity contribution < 1.29 is 26.4 Å². The minimum Gasteiger partial charge on any atom is -0.343 e. The van der Waals surface area contributed by atoms with Crippen LogP contribution in [0.3, 0.4) is 0 Å². The van der Waals surface area contributed by atoms with Crippen LogP contribution in [0.2, 0.25) is 0 Å². The molecule has 0 amide bonds. The number of rotatable bonds is 5. The summed E-state index contributed by atoms with van der Waals surface area (Å²) in [6.45, 7) is 0. The van der Waals surface area contributed by atoms with Crippen LogP contribution in [0, 0.1) is 11.3 Å². The average molecular weight is 450 g/mol. The molecule has 11 heteroatoms. The number of nitrogens with one attached hydrogen (secondary N) is 1. The number of ketones is 1. The zero-order valence-corrected chi connectivity index (χ0v) is 17.0. The van der Waals surface area contributed by atoms with Crippen LogP contribution in [0.5, 0.6) is 0 Å². The zero-order valence-electron chi connectivity index (χ0n) is 16.2. The maximum atomic E-state index is 13.0. The maximum Gasteiger partial charge on any atom is 0.416 e. The number of nitriles is 1. The van der Waals surface area contributed by atoms with Gasteiger partial charge in [-0.25, -0.2) is 13.4 Å². The van der Waals surface area contributed by atoms with Crippen LogP contribution in [0.1, 0.15) is 35.6 Å². The largest absolute Gasteiger partial charge is 0.416 e. The molecule has 1 heterocycles. The summed E-state index contributed by atoms with van der Waals surface area (Å²) in [4.78, 5) is 16.2. The van der Waals surface area contributed by atoms with E-state index in [2.05, 4.69) is 10.3 Å². The molecule has 1 aromatic carbocycles. The van der Waals surface area contributed by atoms with Crippen molar-refractivity contribution in [1.29, 1.82) is 5.26 Å². The van der Waals surface area contributed by atoms with Crippen molar-refractivity contribution in [3.05, 3.63) is 64.5 Å². The van der Waals surface area contributed by atoms with Gasteiger partial charge in [0.2, 0.25) is 0 Å². The molecule has 0 radical (unpaired) electrons. The van der Waals surface area contributed by atoms with E-state index in [1.54, 1.807) is 0 Å². The van der Waals surface area contributed by atoms with E-state index in [1.807, 2.05) is 6.07 Å². The fourth-order valence-electron chi connectivity index (χ4n) is 3.33. The molecule has 7 nitrogen and oxygen atoms in total. The van der Waals surface area contributed by atoms with Gasteiger partial charge in [-0.1, -0.05) is 6.07 Å². The van der Waals surface area contributed by atoms with Gasteiger partial charge in [0.25, 0.3) is 0 Å². The first-order valence-electron chi connectivity index (χ1n) is 8.98. The van der Waals surface area contributed by atoms with Gasteiger partial charge in [-0.05, 0) is 36.2 Å². The number of hydrogen-bond acceptors (Lipinski definition) is 7. The molecule has 31 heavy (non-hydrogen) atoms. The molecule has 1 aliphatic carbocycles. The highest BCUT2D eigenvalue weighted by molar-refractivity contribution is 7.90. The lowest BCUT2D eigenvalue weighted by Crippen LogP contribution is -2.22. The van der Waals surface area contributed by atoms with Gasteiger partial charge in [0.05, 0.1) is 28.1 Å². The Bertz CT molecular complexity index is 1230. The van der Waals surface area contributed by atoms with Gasteiger partial charge in [-0.2, -0.15) is 18.4 Å². The molecule has 2 aromatic rings. The van der Waals surface area contributed by atoms with Crippen molar-refractivity contribution in [2.24, 2.45) is 5.73 Å². The van der Waals surface area contributed by atoms with Crippen molar-refractivity contribution >= 4 is 21.4 Å². The molecule has 0 spiro atoms. The Kier molecular flexibility index (Phi) is 5.89. The number of sulfone groups is 1. The zero-order chi connectivity index (χ0) is 23.0. The fourth-order valence-corrected chi connectivity index (χ4v) is 4.30. The molecule has 162 valence electrons. The molecule has 1 unspecified atom stereocenters. The number of allylic oxidation sites excluding steroid dienone is 1. The molecule has 0 fully saturated rings. The van der Waals surface area contributed by atoms with Crippen LogP contribution in [0.15, 0.2) is 52.7 Å². The fraction of sp³-hybridized carbons (Fsp3) is 0.250. The van der Waals surface area contributed by atoms with Gasteiger partial charge in [-0.3, -0.25) is 4.79 Å². The van der Waals surface area contributed by atoms with E-state index >= 15 is 0 Å². The van der Waals surface area contributed by atoms with Gasteiger partial charge in [0, 0.05) is 30.1 Å². The molecule has 0 aliphatic heterocycles. The second-order valence-corrected chi connectivity index (χ2v) is 8.97. The van der Waals surface area contributed by atoms with Gasteiger partial charge in [0.15, 0.2) is 15.6 Å². The number of carbonyl (C=O) groups is 1. The van der Waals surface area contributed by atoms with Crippen molar-refractivity contribution in [2.45, 2.75) is 30.0 Å². The third-order valence-electron chi connectivity index (χ3n) is 4.78. The number of alkyl halides is 3. The average Bonchev–Trinajstić information content (AvgIpc) is 3.05. The second-order valence-electron chi connectivity index (χ2n) is 6.98. The number of anilines is 1. The molecule has 1 aliphatic rings. The quantitative estimate of drug-likeness (QED) is 0.717. The van der Waals surface area contributed by atoms with Crippen LogP contribution < -0.4 is 11.1 Å². The smallest absolute Gasteiger partial charge is 0.343 e. The van der Waals surface area contributed by atoms with Gasteiger partial charge in [0.1, 0.15) is 5.82 Å². The number of pyridine rings is 1. The van der Waals surface area contributed by atoms with Gasteiger partial charge in [-0.15, -0.1) is 0 Å². The minimum atomic E-state index is -4.56. The molecule has 0 saturated heterocycles. The lowest BCUT2D eigenvalue weighted by Gasteiger charge is -2.19. The molecular weight excluding hydrogens is 433 g/mol. The summed E-state index contributed by atoms with van der Waals surface area (Å²) in [6.07, 6.45) is -2.37. The van der Waals surface area contributed by atoms with Crippen LogP contribution in [-0.4, -0.2) is 25.4 Å². The lowest BCUT2D eigenvalue weighted by molar-refractivity contribution is -0.137. The summed E-state index contributed by atoms with van der Waals surface area (Å²) in [5.41, 5.74) is 5.90. The van der Waals surface area contributed by atoms with Crippen LogP contribution in [0.4, 0.5) is 19.0 Å². The molecule has 3 N–H and O–H groups in total. The first-order chi connectivity index (χ1) is 14.4. The van der Waals surface area contributed by atoms with E-state index < -0.39 is 27.6 Å². The Balaban J connectivity index is 2.06. The predicted molar refractivity (Wildman–Crippen MR) is 105 cm³/mol. The number of nitrogens with two attached hydrogens (primary N) is 1. The molecule has 0 saturated carbocycles. The summed E-state index contributed by atoms with van der Waals surface area (Å²) >= 11 is 0. The van der Waals surface area contributed by atoms with Gasteiger partial charge < -0.3 is 11.1 Å². The van der Waals surface area contributed by atoms with Crippen LogP contribution in [-0.2, 0) is 20.8 Å². The Morgan fingerprint density at radius 3 is 2.55 bits per heavy atom. The number of hydrogen-bond donors (Lipinski definition) is 2. The second kappa shape index (κ2) is 8.13. The molecule has 1 aromatic heterocycles. The molecule has 1 atom stereocenters. The van der Waals surface area contributed by atoms with E-state index in [9.17, 15) is 26.4 Å². The Hall–Kier alpha value is -3.23. The van der Waals surface area contributed by atoms with Crippen molar-refractivity contribution in [1.82, 2.24) is 4.98 Å². The first kappa shape index (κ1) is 22.5. The van der Waals surface area contributed by atoms with Crippen molar-refractivity contribution in [3.8, 4) is 6.07 Å². The molecular formula is C20H17F3N4O3S. The van der Waals surface area contributed by atoms with Crippen LogP contribution in [0.25, 0.3) is 0 Å². The summed E-state index contributed by atoms with van der Waals surface area (Å²) < 4.78 is 63.4. The highest BCUT2D eigenvalue weighted by Gasteiger charge is 2.33. The monoisotopic (exact) mass is 450 g/mol. The predicted octanol–water partition coefficient (Wildman–Crippen LogP) is 3.10. The van der Waals surface area contributed by atoms with E-state index in [4.69, 9.17) is 11.0 Å². The van der Waals surface area contributed by atoms with E-state index in [-0.39, 0.29) is 51.7 Å². The summed E-state index contributed by atoms with van der Waals surface area (Å²) in [5.74, 6) is -0.474. The Labute approximate surface area is 176 Å². The lowest BCUT2D eigenvalue weighted by atomic mass is 9.96. The number of aromatic nitrogens is 1. The minimum absolute atomic E-state index is 0.0637. The van der Waals surface area contributed by atoms with Crippen LogP contribution >= 0.6 is 0 Å². The summed E-state index contributed by atoms with van der Waals surface area (Å²) in [5, 5.41) is 11.8. The Morgan fingerprint density at radius 2 is 1.94 bits per heavy atom. The Morgan fingerprint density at radius 1 is 1.23 bits per heavy atom. The third-order valence-corrected chi connectivity index (χ3v) is 5.93. The summed E-state index contributed by atoms with van der Waals surface area (Å²) in [6, 6.07) is 6.22. The highest BCUT2D eigenvalue weighted by atomic mass is 32.2. The highest BCUT2D eigenvalue weighted by Crippen LogP contribution is 2.36. The number of Topliss-reactive ketones (excluding diaryl/α,β-unsaturated/α-hetero) is 1. The first-order valence-corrected chi connectivity index (χ1v) is 10.9. The number of nitrogens with zero attached hydrogens (tertiary/aromatic N) is 2. The van der Waals surface area contributed by atoms with Crippen molar-refractivity contribution in [2.75, 3.05) is 11.6 Å².